The van der Waals surface area contributed by atoms with Crippen LogP contribution in [-0.2, 0) is 6.42 Å². The SMILES string of the molecule is Cc1nc(CCNC(=O)c2cccc(C(=O)O)n2)no1. The zero-order valence-electron chi connectivity index (χ0n) is 10.7. The third kappa shape index (κ3) is 3.37. The van der Waals surface area contributed by atoms with Crippen LogP contribution in [-0.4, -0.2) is 38.7 Å². The van der Waals surface area contributed by atoms with Gasteiger partial charge >= 0.3 is 5.97 Å². The van der Waals surface area contributed by atoms with Crippen molar-refractivity contribution in [2.45, 2.75) is 13.3 Å². The molecule has 104 valence electrons. The van der Waals surface area contributed by atoms with Gasteiger partial charge < -0.3 is 14.9 Å². The number of aromatic nitrogens is 3. The van der Waals surface area contributed by atoms with Crippen molar-refractivity contribution in [3.63, 3.8) is 0 Å². The van der Waals surface area contributed by atoms with E-state index < -0.39 is 11.9 Å². The Labute approximate surface area is 113 Å². The van der Waals surface area contributed by atoms with E-state index in [0.717, 1.165) is 0 Å². The molecule has 8 heteroatoms. The van der Waals surface area contributed by atoms with Gasteiger partial charge in [0, 0.05) is 19.9 Å². The van der Waals surface area contributed by atoms with Crippen molar-refractivity contribution in [2.24, 2.45) is 0 Å². The summed E-state index contributed by atoms with van der Waals surface area (Å²) in [6, 6.07) is 4.23. The first-order chi connectivity index (χ1) is 9.56. The molecule has 0 saturated carbocycles. The Balaban J connectivity index is 1.91. The van der Waals surface area contributed by atoms with Crippen LogP contribution >= 0.6 is 0 Å². The number of carbonyl (C=O) groups excluding carboxylic acids is 1. The summed E-state index contributed by atoms with van der Waals surface area (Å²) in [7, 11) is 0. The molecule has 0 bridgehead atoms. The van der Waals surface area contributed by atoms with E-state index in [1.165, 1.54) is 18.2 Å². The summed E-state index contributed by atoms with van der Waals surface area (Å²) in [6.45, 7) is 1.98. The summed E-state index contributed by atoms with van der Waals surface area (Å²) in [6.07, 6.45) is 0.418. The second-order valence-electron chi connectivity index (χ2n) is 3.95. The second-order valence-corrected chi connectivity index (χ2v) is 3.95. The minimum absolute atomic E-state index is 0.0502. The van der Waals surface area contributed by atoms with Crippen molar-refractivity contribution in [3.8, 4) is 0 Å². The van der Waals surface area contributed by atoms with Crippen molar-refractivity contribution in [3.05, 3.63) is 41.3 Å². The Morgan fingerprint density at radius 2 is 2.05 bits per heavy atom. The Morgan fingerprint density at radius 3 is 2.70 bits per heavy atom. The Bertz CT molecular complexity index is 638. The van der Waals surface area contributed by atoms with Crippen molar-refractivity contribution in [1.29, 1.82) is 0 Å². The van der Waals surface area contributed by atoms with Gasteiger partial charge in [-0.1, -0.05) is 11.2 Å². The van der Waals surface area contributed by atoms with Crippen LogP contribution in [0, 0.1) is 6.92 Å². The summed E-state index contributed by atoms with van der Waals surface area (Å²) in [4.78, 5) is 30.3. The second kappa shape index (κ2) is 5.91. The van der Waals surface area contributed by atoms with Crippen molar-refractivity contribution in [2.75, 3.05) is 6.54 Å². The number of carboxylic acids is 1. The van der Waals surface area contributed by atoms with Crippen LogP contribution in [0.15, 0.2) is 22.7 Å². The third-order valence-electron chi connectivity index (χ3n) is 2.40. The number of hydrogen-bond donors (Lipinski definition) is 2. The number of aromatic carboxylic acids is 1. The first-order valence-electron chi connectivity index (χ1n) is 5.84. The molecule has 2 N–H and O–H groups in total. The molecule has 0 aliphatic rings. The van der Waals surface area contributed by atoms with Gasteiger partial charge in [0.2, 0.25) is 5.89 Å². The summed E-state index contributed by atoms with van der Waals surface area (Å²) >= 11 is 0. The van der Waals surface area contributed by atoms with E-state index in [1.54, 1.807) is 6.92 Å². The van der Waals surface area contributed by atoms with Crippen LogP contribution in [0.1, 0.15) is 32.7 Å². The van der Waals surface area contributed by atoms with Crippen LogP contribution < -0.4 is 5.32 Å². The van der Waals surface area contributed by atoms with E-state index in [1.807, 2.05) is 0 Å². The van der Waals surface area contributed by atoms with Crippen LogP contribution in [0.5, 0.6) is 0 Å². The van der Waals surface area contributed by atoms with Gasteiger partial charge in [0.05, 0.1) is 0 Å². The predicted molar refractivity (Wildman–Crippen MR) is 66.3 cm³/mol. The number of nitrogens with one attached hydrogen (secondary N) is 1. The molecule has 0 aliphatic heterocycles. The summed E-state index contributed by atoms with van der Waals surface area (Å²) in [5, 5.41) is 15.1. The van der Waals surface area contributed by atoms with Gasteiger partial charge in [-0.2, -0.15) is 4.98 Å². The molecule has 0 aromatic carbocycles. The molecule has 2 rings (SSSR count). The number of aryl methyl sites for hydroxylation is 1. The van der Waals surface area contributed by atoms with E-state index >= 15 is 0 Å². The largest absolute Gasteiger partial charge is 0.477 e. The molecule has 0 radical (unpaired) electrons. The molecule has 0 fully saturated rings. The fourth-order valence-electron chi connectivity index (χ4n) is 1.50. The lowest BCUT2D eigenvalue weighted by Crippen LogP contribution is -2.27. The molecule has 0 atom stereocenters. The molecule has 0 spiro atoms. The highest BCUT2D eigenvalue weighted by Crippen LogP contribution is 2.00. The van der Waals surface area contributed by atoms with Gasteiger partial charge in [0.15, 0.2) is 5.82 Å². The molecular formula is C12H12N4O4. The maximum atomic E-state index is 11.8. The summed E-state index contributed by atoms with van der Waals surface area (Å²) < 4.78 is 4.80. The third-order valence-corrected chi connectivity index (χ3v) is 2.40. The maximum Gasteiger partial charge on any atom is 0.354 e. The molecule has 2 aromatic rings. The summed E-state index contributed by atoms with van der Waals surface area (Å²) in [5.41, 5.74) is -0.124. The van der Waals surface area contributed by atoms with Gasteiger partial charge in [-0.25, -0.2) is 9.78 Å². The van der Waals surface area contributed by atoms with E-state index in [-0.39, 0.29) is 11.4 Å². The van der Waals surface area contributed by atoms with Crippen molar-refractivity contribution < 1.29 is 19.2 Å². The normalized spacial score (nSPS) is 10.2. The van der Waals surface area contributed by atoms with E-state index in [2.05, 4.69) is 20.4 Å². The lowest BCUT2D eigenvalue weighted by molar-refractivity contribution is 0.0690. The number of hydrogen-bond acceptors (Lipinski definition) is 6. The lowest BCUT2D eigenvalue weighted by atomic mass is 10.3. The minimum Gasteiger partial charge on any atom is -0.477 e. The van der Waals surface area contributed by atoms with Gasteiger partial charge in [-0.3, -0.25) is 4.79 Å². The Morgan fingerprint density at radius 1 is 1.30 bits per heavy atom. The minimum atomic E-state index is -1.18. The Kier molecular flexibility index (Phi) is 4.04. The fourth-order valence-corrected chi connectivity index (χ4v) is 1.50. The maximum absolute atomic E-state index is 11.8. The summed E-state index contributed by atoms with van der Waals surface area (Å²) in [5.74, 6) is -0.674. The van der Waals surface area contributed by atoms with E-state index in [4.69, 9.17) is 9.63 Å². The zero-order valence-corrected chi connectivity index (χ0v) is 10.7. The van der Waals surface area contributed by atoms with Crippen molar-refractivity contribution >= 4 is 11.9 Å². The van der Waals surface area contributed by atoms with Gasteiger partial charge in [0.25, 0.3) is 5.91 Å². The number of pyridine rings is 1. The van der Waals surface area contributed by atoms with E-state index in [9.17, 15) is 9.59 Å². The molecule has 0 unspecified atom stereocenters. The van der Waals surface area contributed by atoms with Gasteiger partial charge in [-0.15, -0.1) is 0 Å². The Hall–Kier alpha value is -2.77. The molecule has 1 amide bonds. The quantitative estimate of drug-likeness (QED) is 0.813. The standard InChI is InChI=1S/C12H12N4O4/c1-7-14-10(16-20-7)5-6-13-11(17)8-3-2-4-9(15-8)12(18)19/h2-4H,5-6H2,1H3,(H,13,17)(H,18,19). The average molecular weight is 276 g/mol. The molecule has 2 aromatic heterocycles. The first kappa shape index (κ1) is 13.7. The topological polar surface area (TPSA) is 118 Å². The fraction of sp³-hybridized carbons (Fsp3) is 0.250. The number of amides is 1. The monoisotopic (exact) mass is 276 g/mol. The van der Waals surface area contributed by atoms with Crippen LogP contribution in [0.3, 0.4) is 0 Å². The smallest absolute Gasteiger partial charge is 0.354 e. The molecular weight excluding hydrogens is 264 g/mol. The first-order valence-corrected chi connectivity index (χ1v) is 5.84. The number of carboxylic acid groups (broad SMARTS) is 1. The van der Waals surface area contributed by atoms with Crippen LogP contribution in [0.25, 0.3) is 0 Å². The number of carbonyl (C=O) groups is 2. The van der Waals surface area contributed by atoms with Crippen LogP contribution in [0.2, 0.25) is 0 Å². The van der Waals surface area contributed by atoms with Crippen molar-refractivity contribution in [1.82, 2.24) is 20.4 Å². The number of nitrogens with zero attached hydrogens (tertiary/aromatic N) is 3. The van der Waals surface area contributed by atoms with Crippen LogP contribution in [0.4, 0.5) is 0 Å². The van der Waals surface area contributed by atoms with Gasteiger partial charge in [-0.05, 0) is 12.1 Å². The molecule has 0 saturated heterocycles. The van der Waals surface area contributed by atoms with Gasteiger partial charge in [0.1, 0.15) is 11.4 Å². The highest BCUT2D eigenvalue weighted by Gasteiger charge is 2.11. The predicted octanol–water partition coefficient (Wildman–Crippen LogP) is 0.444. The highest BCUT2D eigenvalue weighted by atomic mass is 16.5. The zero-order chi connectivity index (χ0) is 14.5. The molecule has 8 nitrogen and oxygen atoms in total. The molecule has 20 heavy (non-hydrogen) atoms. The molecule has 0 aliphatic carbocycles. The lowest BCUT2D eigenvalue weighted by Gasteiger charge is -2.03. The molecule has 2 heterocycles. The number of rotatable bonds is 5. The van der Waals surface area contributed by atoms with E-state index in [0.29, 0.717) is 24.7 Å². The highest BCUT2D eigenvalue weighted by molar-refractivity contribution is 5.94. The average Bonchev–Trinajstić information content (AvgIpc) is 2.84.